The third kappa shape index (κ3) is 2.94. The Morgan fingerprint density at radius 1 is 0.960 bits per heavy atom. The van der Waals surface area contributed by atoms with Crippen LogP contribution in [0.3, 0.4) is 0 Å². The monoisotopic (exact) mass is 342 g/mol. The van der Waals surface area contributed by atoms with E-state index < -0.39 is 0 Å². The van der Waals surface area contributed by atoms with Gasteiger partial charge in [-0.1, -0.05) is 64.5 Å². The van der Waals surface area contributed by atoms with Gasteiger partial charge in [-0.25, -0.2) is 0 Å². The van der Waals surface area contributed by atoms with Crippen LogP contribution >= 0.6 is 0 Å². The molecular formula is C25H42. The lowest BCUT2D eigenvalue weighted by molar-refractivity contribution is -0.0425. The van der Waals surface area contributed by atoms with Crippen LogP contribution in [0.5, 0.6) is 0 Å². The van der Waals surface area contributed by atoms with Gasteiger partial charge < -0.3 is 0 Å². The molecular weight excluding hydrogens is 300 g/mol. The first kappa shape index (κ1) is 18.1. The number of rotatable bonds is 5. The smallest absolute Gasteiger partial charge is 0.00853 e. The second-order valence-electron chi connectivity index (χ2n) is 10.6. The van der Waals surface area contributed by atoms with Gasteiger partial charge in [-0.2, -0.15) is 0 Å². The predicted molar refractivity (Wildman–Crippen MR) is 109 cm³/mol. The maximum Gasteiger partial charge on any atom is -0.00853 e. The van der Waals surface area contributed by atoms with Gasteiger partial charge in [0.15, 0.2) is 0 Å². The average Bonchev–Trinajstić information content (AvgIpc) is 2.95. The zero-order valence-corrected chi connectivity index (χ0v) is 17.3. The lowest BCUT2D eigenvalue weighted by Gasteiger charge is -2.57. The fourth-order valence-corrected chi connectivity index (χ4v) is 8.10. The van der Waals surface area contributed by atoms with Crippen molar-refractivity contribution in [3.05, 3.63) is 11.6 Å². The molecule has 6 unspecified atom stereocenters. The van der Waals surface area contributed by atoms with E-state index in [1.807, 2.05) is 5.57 Å². The summed E-state index contributed by atoms with van der Waals surface area (Å²) in [5, 5.41) is 0. The van der Waals surface area contributed by atoms with E-state index in [-0.39, 0.29) is 0 Å². The molecule has 0 bridgehead atoms. The van der Waals surface area contributed by atoms with E-state index in [0.717, 1.165) is 23.7 Å². The van der Waals surface area contributed by atoms with Gasteiger partial charge in [0.1, 0.15) is 0 Å². The van der Waals surface area contributed by atoms with E-state index in [2.05, 4.69) is 26.8 Å². The Bertz CT molecular complexity index is 502. The molecule has 4 aliphatic rings. The Morgan fingerprint density at radius 2 is 1.84 bits per heavy atom. The molecule has 25 heavy (non-hydrogen) atoms. The number of unbranched alkanes of at least 4 members (excludes halogenated alkanes) is 3. The van der Waals surface area contributed by atoms with E-state index in [1.165, 1.54) is 70.6 Å². The lowest BCUT2D eigenvalue weighted by atomic mass is 9.47. The van der Waals surface area contributed by atoms with Crippen LogP contribution in [-0.2, 0) is 0 Å². The van der Waals surface area contributed by atoms with Crippen LogP contribution in [0, 0.1) is 34.5 Å². The summed E-state index contributed by atoms with van der Waals surface area (Å²) in [5.74, 6) is 4.12. The van der Waals surface area contributed by atoms with Crippen LogP contribution < -0.4 is 0 Å². The summed E-state index contributed by atoms with van der Waals surface area (Å²) in [5.41, 5.74) is 3.14. The molecule has 0 radical (unpaired) electrons. The van der Waals surface area contributed by atoms with Crippen molar-refractivity contribution in [1.82, 2.24) is 0 Å². The molecule has 0 saturated heterocycles. The normalized spacial score (nSPS) is 46.1. The second-order valence-corrected chi connectivity index (χ2v) is 10.6. The van der Waals surface area contributed by atoms with Gasteiger partial charge in [-0.15, -0.1) is 0 Å². The first-order valence-corrected chi connectivity index (χ1v) is 11.8. The number of hydrogen-bond donors (Lipinski definition) is 0. The van der Waals surface area contributed by atoms with Gasteiger partial charge in [-0.05, 0) is 92.3 Å². The highest BCUT2D eigenvalue weighted by atomic mass is 14.6. The van der Waals surface area contributed by atoms with E-state index >= 15 is 0 Å². The van der Waals surface area contributed by atoms with Crippen molar-refractivity contribution >= 4 is 0 Å². The van der Waals surface area contributed by atoms with E-state index in [0.29, 0.717) is 10.8 Å². The predicted octanol–water partition coefficient (Wildman–Crippen LogP) is 7.93. The van der Waals surface area contributed by atoms with Crippen molar-refractivity contribution in [2.24, 2.45) is 34.5 Å². The minimum atomic E-state index is 0.585. The fraction of sp³-hybridized carbons (Fsp3) is 0.920. The molecule has 0 aromatic heterocycles. The maximum absolute atomic E-state index is 2.74. The fourth-order valence-electron chi connectivity index (χ4n) is 8.10. The lowest BCUT2D eigenvalue weighted by Crippen LogP contribution is -2.49. The van der Waals surface area contributed by atoms with Crippen LogP contribution in [-0.4, -0.2) is 0 Å². The molecule has 4 rings (SSSR count). The molecule has 0 aliphatic heterocycles. The molecule has 3 fully saturated rings. The van der Waals surface area contributed by atoms with Gasteiger partial charge in [0.05, 0.1) is 0 Å². The molecule has 0 aromatic rings. The third-order valence-corrected chi connectivity index (χ3v) is 9.62. The summed E-state index contributed by atoms with van der Waals surface area (Å²) in [6, 6.07) is 0. The van der Waals surface area contributed by atoms with Crippen molar-refractivity contribution in [3.63, 3.8) is 0 Å². The van der Waals surface area contributed by atoms with Crippen molar-refractivity contribution < 1.29 is 0 Å². The molecule has 0 spiro atoms. The van der Waals surface area contributed by atoms with Gasteiger partial charge >= 0.3 is 0 Å². The van der Waals surface area contributed by atoms with E-state index in [4.69, 9.17) is 0 Å². The molecule has 0 N–H and O–H groups in total. The number of hydrogen-bond acceptors (Lipinski definition) is 0. The Balaban J connectivity index is 1.49. The van der Waals surface area contributed by atoms with Gasteiger partial charge in [0.2, 0.25) is 0 Å². The first-order valence-electron chi connectivity index (χ1n) is 11.8. The summed E-state index contributed by atoms with van der Waals surface area (Å²) in [6.07, 6.45) is 23.5. The average molecular weight is 343 g/mol. The molecule has 0 aromatic carbocycles. The topological polar surface area (TPSA) is 0 Å². The summed E-state index contributed by atoms with van der Waals surface area (Å²) < 4.78 is 0. The zero-order valence-electron chi connectivity index (χ0n) is 17.3. The Kier molecular flexibility index (Phi) is 5.11. The Labute approximate surface area is 157 Å². The largest absolute Gasteiger partial charge is 0.0845 e. The summed E-state index contributed by atoms with van der Waals surface area (Å²) in [7, 11) is 0. The summed E-state index contributed by atoms with van der Waals surface area (Å²) in [4.78, 5) is 0. The first-order chi connectivity index (χ1) is 12.1. The van der Waals surface area contributed by atoms with Crippen LogP contribution in [0.1, 0.15) is 111 Å². The van der Waals surface area contributed by atoms with E-state index in [9.17, 15) is 0 Å². The minimum Gasteiger partial charge on any atom is -0.0845 e. The minimum absolute atomic E-state index is 0.585. The standard InChI is InChI=1S/C25H42/c1-4-5-6-7-10-20-13-15-22-21-14-12-19-11-8-9-17-24(19,2)23(21)16-18-25(20,22)3/h12,20-23H,4-11,13-18H2,1-3H3. The van der Waals surface area contributed by atoms with Crippen LogP contribution in [0.15, 0.2) is 11.6 Å². The van der Waals surface area contributed by atoms with Gasteiger partial charge in [0.25, 0.3) is 0 Å². The Hall–Kier alpha value is -0.260. The van der Waals surface area contributed by atoms with Gasteiger partial charge in [0, 0.05) is 0 Å². The number of fused-ring (bicyclic) bond motifs is 5. The molecule has 6 atom stereocenters. The zero-order chi connectivity index (χ0) is 17.5. The SMILES string of the molecule is CCCCCCC1CCC2C3CC=C4CCCCC4(C)C3CCC12C. The van der Waals surface area contributed by atoms with Crippen molar-refractivity contribution in [1.29, 1.82) is 0 Å². The summed E-state index contributed by atoms with van der Waals surface area (Å²) >= 11 is 0. The quantitative estimate of drug-likeness (QED) is 0.351. The van der Waals surface area contributed by atoms with Crippen LogP contribution in [0.2, 0.25) is 0 Å². The molecule has 3 saturated carbocycles. The maximum atomic E-state index is 2.74. The molecule has 0 amide bonds. The van der Waals surface area contributed by atoms with Gasteiger partial charge in [-0.3, -0.25) is 0 Å². The summed E-state index contributed by atoms with van der Waals surface area (Å²) in [6.45, 7) is 7.72. The molecule has 0 heterocycles. The second kappa shape index (κ2) is 7.05. The van der Waals surface area contributed by atoms with Crippen molar-refractivity contribution in [2.75, 3.05) is 0 Å². The molecule has 0 heteroatoms. The third-order valence-electron chi connectivity index (χ3n) is 9.62. The van der Waals surface area contributed by atoms with Crippen molar-refractivity contribution in [2.45, 2.75) is 111 Å². The molecule has 0 nitrogen and oxygen atoms in total. The number of allylic oxidation sites excluding steroid dienone is 2. The Morgan fingerprint density at radius 3 is 2.68 bits per heavy atom. The van der Waals surface area contributed by atoms with Crippen LogP contribution in [0.4, 0.5) is 0 Å². The highest BCUT2D eigenvalue weighted by molar-refractivity contribution is 5.24. The highest BCUT2D eigenvalue weighted by Crippen LogP contribution is 2.66. The van der Waals surface area contributed by atoms with E-state index in [1.54, 1.807) is 19.3 Å². The molecule has 4 aliphatic carbocycles. The van der Waals surface area contributed by atoms with Crippen LogP contribution in [0.25, 0.3) is 0 Å². The van der Waals surface area contributed by atoms with Crippen molar-refractivity contribution in [3.8, 4) is 0 Å². The highest BCUT2D eigenvalue weighted by Gasteiger charge is 2.57. The molecule has 142 valence electrons.